The number of benzene rings is 2. The molecule has 0 bridgehead atoms. The van der Waals surface area contributed by atoms with E-state index in [2.05, 4.69) is 52.8 Å². The lowest BCUT2D eigenvalue weighted by Gasteiger charge is -2.29. The van der Waals surface area contributed by atoms with E-state index in [-0.39, 0.29) is 69.7 Å². The second-order valence-corrected chi connectivity index (χ2v) is 23.5. The van der Waals surface area contributed by atoms with Crippen LogP contribution >= 0.6 is 0 Å². The summed E-state index contributed by atoms with van der Waals surface area (Å²) in [6.45, 7) is 12.3. The van der Waals surface area contributed by atoms with Gasteiger partial charge in [-0.15, -0.1) is 0 Å². The summed E-state index contributed by atoms with van der Waals surface area (Å²) < 4.78 is 0. The van der Waals surface area contributed by atoms with Crippen molar-refractivity contribution < 1.29 is 67.7 Å². The van der Waals surface area contributed by atoms with Gasteiger partial charge in [-0.05, 0) is 113 Å². The fourth-order valence-electron chi connectivity index (χ4n) is 9.64. The number of unbranched alkanes of at least 4 members (excludes halogenated alkanes) is 2. The normalized spacial score (nSPS) is 14.7. The van der Waals surface area contributed by atoms with E-state index in [1.165, 1.54) is 6.92 Å². The Morgan fingerprint density at radius 1 is 0.483 bits per heavy atom. The van der Waals surface area contributed by atoms with Gasteiger partial charge >= 0.3 is 11.9 Å². The predicted octanol–water partition coefficient (Wildman–Crippen LogP) is -0.506. The van der Waals surface area contributed by atoms with Crippen molar-refractivity contribution in [3.8, 4) is 0 Å². The number of primary amides is 1. The number of fused-ring (bicyclic) bond motifs is 1. The van der Waals surface area contributed by atoms with Crippen molar-refractivity contribution in [2.45, 2.75) is 192 Å². The number of H-pyrrole nitrogens is 1. The molecule has 28 nitrogen and oxygen atoms in total. The predicted molar refractivity (Wildman–Crippen MR) is 331 cm³/mol. The third-order valence-electron chi connectivity index (χ3n) is 14.5. The molecule has 0 spiro atoms. The largest absolute Gasteiger partial charge is 0.481 e. The first-order chi connectivity index (χ1) is 42.0. The molecule has 1 heterocycles. The van der Waals surface area contributed by atoms with Crippen LogP contribution in [0.1, 0.15) is 130 Å². The molecule has 20 N–H and O–H groups in total. The maximum absolute atomic E-state index is 14.9. The smallest absolute Gasteiger partial charge is 0.326 e. The molecule has 3 aromatic rings. The first-order valence-electron chi connectivity index (χ1n) is 30.3. The first-order valence-corrected chi connectivity index (χ1v) is 30.3. The maximum atomic E-state index is 14.9. The van der Waals surface area contributed by atoms with Crippen LogP contribution in [-0.4, -0.2) is 160 Å². The van der Waals surface area contributed by atoms with Gasteiger partial charge in [-0.2, -0.15) is 0 Å². The van der Waals surface area contributed by atoms with Crippen LogP contribution in [0.3, 0.4) is 0 Å². The van der Waals surface area contributed by atoms with Crippen molar-refractivity contribution in [1.82, 2.24) is 52.8 Å². The van der Waals surface area contributed by atoms with Crippen LogP contribution in [-0.2, 0) is 70.4 Å². The van der Waals surface area contributed by atoms with E-state index >= 15 is 0 Å². The molecular weight excluding hydrogens is 1150 g/mol. The van der Waals surface area contributed by atoms with E-state index in [1.807, 2.05) is 18.2 Å². The third-order valence-corrected chi connectivity index (χ3v) is 14.5. The minimum atomic E-state index is -1.50. The number of rotatable bonds is 41. The number of nitrogens with one attached hydrogen (secondary N) is 10. The van der Waals surface area contributed by atoms with Gasteiger partial charge in [0.25, 0.3) is 0 Å². The quantitative estimate of drug-likeness (QED) is 0.0318. The minimum absolute atomic E-state index is 0.0233. The van der Waals surface area contributed by atoms with Gasteiger partial charge in [0.15, 0.2) is 0 Å². The molecule has 2 aromatic carbocycles. The average Bonchev–Trinajstić information content (AvgIpc) is 2.43. The Kier molecular flexibility index (Phi) is 31.9. The highest BCUT2D eigenvalue weighted by Crippen LogP contribution is 2.21. The summed E-state index contributed by atoms with van der Waals surface area (Å²) in [7, 11) is 0. The number of para-hydroxylation sites is 1. The molecule has 0 radical (unpaired) electrons. The van der Waals surface area contributed by atoms with Crippen LogP contribution in [0.2, 0.25) is 0 Å². The number of amides is 10. The van der Waals surface area contributed by atoms with Gasteiger partial charge < -0.3 is 86.0 Å². The number of carbonyl (C=O) groups excluding carboxylic acids is 10. The molecule has 492 valence electrons. The average molecular weight is 1250 g/mol. The summed E-state index contributed by atoms with van der Waals surface area (Å²) in [5, 5.41) is 43.5. The number of aliphatic carboxylic acids is 2. The Morgan fingerprint density at radius 3 is 1.47 bits per heavy atom. The molecule has 0 aliphatic heterocycles. The number of carbonyl (C=O) groups is 12. The zero-order valence-electron chi connectivity index (χ0n) is 52.0. The van der Waals surface area contributed by atoms with Crippen LogP contribution in [0.4, 0.5) is 0 Å². The Morgan fingerprint density at radius 2 is 0.933 bits per heavy atom. The van der Waals surface area contributed by atoms with Crippen molar-refractivity contribution in [3.63, 3.8) is 0 Å². The van der Waals surface area contributed by atoms with Gasteiger partial charge in [0, 0.05) is 36.4 Å². The zero-order chi connectivity index (χ0) is 66.5. The molecule has 0 saturated heterocycles. The molecular formula is C61H94N14O14. The second-order valence-electron chi connectivity index (χ2n) is 23.5. The lowest BCUT2D eigenvalue weighted by Crippen LogP contribution is -2.61. The van der Waals surface area contributed by atoms with Crippen LogP contribution < -0.4 is 70.8 Å². The number of aromatic amines is 1. The molecule has 28 heteroatoms. The molecule has 0 unspecified atom stereocenters. The fourth-order valence-corrected chi connectivity index (χ4v) is 9.64. The first kappa shape index (κ1) is 74.8. The third kappa shape index (κ3) is 26.4. The topological polar surface area (TPSA) is 473 Å². The van der Waals surface area contributed by atoms with Crippen LogP contribution in [0.25, 0.3) is 10.9 Å². The Balaban J connectivity index is 1.95. The van der Waals surface area contributed by atoms with Gasteiger partial charge in [0.1, 0.15) is 54.4 Å². The summed E-state index contributed by atoms with van der Waals surface area (Å²) in [4.78, 5) is 165. The number of aromatic nitrogens is 1. The van der Waals surface area contributed by atoms with Crippen molar-refractivity contribution in [2.75, 3.05) is 13.1 Å². The van der Waals surface area contributed by atoms with Crippen molar-refractivity contribution in [1.29, 1.82) is 0 Å². The van der Waals surface area contributed by atoms with Crippen LogP contribution in [0.15, 0.2) is 60.8 Å². The fraction of sp³-hybridized carbons (Fsp3) is 0.574. The molecule has 1 aromatic heterocycles. The standard InChI is InChI=1S/C61H94N14O14/c1-33(2)27-45(56(83)67-36(7)52(79)68-43(23-24-49(65)76)55(82)70-44(61(88)89)22-14-16-26-63)72-57(84)46(28-34(3)4)73-58(85)48(30-38-32-66-41-20-12-11-19-39(38)41)74-54(81)42(21-13-15-25-62)69-60(87)51(35(5)6)75-59(86)47(29-37-17-9-8-10-18-37)71-53(80)40(64)31-50(77)78/h8-12,17-20,32-36,40,42-48,51,66H,13-16,21-31,62-64H2,1-7H3,(H2,65,76)(H,67,83)(H,68,79)(H,69,87)(H,70,82)(H,71,80)(H,72,84)(H,73,85)(H,74,81)(H,75,86)(H,77,78)(H,88,89)/t36-,40-,42-,43-,44-,45-,46-,47-,48-,51-/m0/s1. The van der Waals surface area contributed by atoms with Crippen LogP contribution in [0, 0.1) is 17.8 Å². The number of hydrogen-bond donors (Lipinski definition) is 16. The second kappa shape index (κ2) is 38.0. The summed E-state index contributed by atoms with van der Waals surface area (Å²) >= 11 is 0. The van der Waals surface area contributed by atoms with Gasteiger partial charge in [0.2, 0.25) is 59.1 Å². The molecule has 3 rings (SSSR count). The molecule has 0 saturated carbocycles. The van der Waals surface area contributed by atoms with E-state index in [1.54, 1.807) is 84.1 Å². The number of carboxylic acids is 2. The highest BCUT2D eigenvalue weighted by molar-refractivity contribution is 5.99. The van der Waals surface area contributed by atoms with Gasteiger partial charge in [-0.3, -0.25) is 52.7 Å². The van der Waals surface area contributed by atoms with Crippen molar-refractivity contribution >= 4 is 81.9 Å². The Bertz CT molecular complexity index is 2870. The number of hydrogen-bond acceptors (Lipinski definition) is 15. The zero-order valence-corrected chi connectivity index (χ0v) is 52.0. The Labute approximate surface area is 518 Å². The molecule has 10 amide bonds. The maximum Gasteiger partial charge on any atom is 0.326 e. The molecule has 0 fully saturated rings. The van der Waals surface area contributed by atoms with Gasteiger partial charge in [-0.1, -0.05) is 90.1 Å². The molecule has 10 atom stereocenters. The minimum Gasteiger partial charge on any atom is -0.481 e. The molecule has 89 heavy (non-hydrogen) atoms. The molecule has 0 aliphatic rings. The number of nitrogens with two attached hydrogens (primary N) is 4. The van der Waals surface area contributed by atoms with Gasteiger partial charge in [0.05, 0.1) is 12.5 Å². The molecule has 0 aliphatic carbocycles. The summed E-state index contributed by atoms with van der Waals surface area (Å²) in [6.07, 6.45) is 1.91. The van der Waals surface area contributed by atoms with Crippen molar-refractivity contribution in [3.05, 3.63) is 71.9 Å². The summed E-state index contributed by atoms with van der Waals surface area (Å²) in [5.74, 6) is -12.0. The van der Waals surface area contributed by atoms with Crippen LogP contribution in [0.5, 0.6) is 0 Å². The lowest BCUT2D eigenvalue weighted by molar-refractivity contribution is -0.142. The van der Waals surface area contributed by atoms with E-state index < -0.39 is 144 Å². The van der Waals surface area contributed by atoms with E-state index in [4.69, 9.17) is 22.9 Å². The van der Waals surface area contributed by atoms with Crippen molar-refractivity contribution in [2.24, 2.45) is 40.7 Å². The SMILES string of the molecule is CC(C)C[C@H](NC(=O)[C@H](CC(C)C)NC(=O)[C@H](Cc1c[nH]c2ccccc12)NC(=O)[C@H](CCCCN)NC(=O)[C@@H](NC(=O)[C@H](Cc1ccccc1)NC(=O)[C@@H](N)CC(=O)O)C(C)C)C(=O)N[C@@H](C)C(=O)N[C@@H](CCC(N)=O)C(=O)N[C@@H](CCCCN)C(=O)O. The summed E-state index contributed by atoms with van der Waals surface area (Å²) in [6, 6.07) is 2.25. The Hall–Kier alpha value is -8.50. The lowest BCUT2D eigenvalue weighted by atomic mass is 9.98. The highest BCUT2D eigenvalue weighted by Gasteiger charge is 2.37. The van der Waals surface area contributed by atoms with Gasteiger partial charge in [-0.25, -0.2) is 4.79 Å². The highest BCUT2D eigenvalue weighted by atomic mass is 16.4. The number of carboxylic acid groups (broad SMARTS) is 2. The van der Waals surface area contributed by atoms with E-state index in [0.717, 1.165) is 10.9 Å². The summed E-state index contributed by atoms with van der Waals surface area (Å²) in [5.41, 5.74) is 24.5. The van der Waals surface area contributed by atoms with E-state index in [0.29, 0.717) is 43.4 Å². The van der Waals surface area contributed by atoms with E-state index in [9.17, 15) is 67.7 Å². The monoisotopic (exact) mass is 1250 g/mol.